The molecule has 108 valence electrons. The van der Waals surface area contributed by atoms with Crippen LogP contribution in [0.1, 0.15) is 11.1 Å². The van der Waals surface area contributed by atoms with Gasteiger partial charge < -0.3 is 5.73 Å². The molecule has 0 saturated heterocycles. The van der Waals surface area contributed by atoms with Crippen LogP contribution in [0, 0.1) is 24.1 Å². The summed E-state index contributed by atoms with van der Waals surface area (Å²) < 4.78 is 40.1. The van der Waals surface area contributed by atoms with Crippen LogP contribution in [-0.4, -0.2) is 8.42 Å². The zero-order valence-electron chi connectivity index (χ0n) is 11.1. The molecule has 0 fully saturated rings. The van der Waals surface area contributed by atoms with Crippen molar-refractivity contribution < 1.29 is 12.8 Å². The molecule has 0 heterocycles. The lowest BCUT2D eigenvalue weighted by Crippen LogP contribution is -2.14. The maximum Gasteiger partial charge on any atom is 0.261 e. The summed E-state index contributed by atoms with van der Waals surface area (Å²) in [7, 11) is -3.93. The molecule has 0 saturated carbocycles. The summed E-state index contributed by atoms with van der Waals surface area (Å²) in [5, 5.41) is 8.76. The second-order valence-electron chi connectivity index (χ2n) is 4.38. The summed E-state index contributed by atoms with van der Waals surface area (Å²) in [6, 6.07) is 9.47. The summed E-state index contributed by atoms with van der Waals surface area (Å²) in [5.41, 5.74) is 6.75. The van der Waals surface area contributed by atoms with Crippen LogP contribution in [0.5, 0.6) is 0 Å². The first-order valence-electron chi connectivity index (χ1n) is 5.92. The Morgan fingerprint density at radius 3 is 2.67 bits per heavy atom. The zero-order chi connectivity index (χ0) is 15.6. The van der Waals surface area contributed by atoms with E-state index in [1.54, 1.807) is 31.2 Å². The first kappa shape index (κ1) is 14.8. The lowest BCUT2D eigenvalue weighted by molar-refractivity contribution is 0.599. The average molecular weight is 305 g/mol. The van der Waals surface area contributed by atoms with E-state index < -0.39 is 15.8 Å². The van der Waals surface area contributed by atoms with Gasteiger partial charge in [0.2, 0.25) is 0 Å². The summed E-state index contributed by atoms with van der Waals surface area (Å²) in [6.45, 7) is 1.68. The highest BCUT2D eigenvalue weighted by molar-refractivity contribution is 7.92. The lowest BCUT2D eigenvalue weighted by Gasteiger charge is -2.12. The van der Waals surface area contributed by atoms with E-state index in [2.05, 4.69) is 4.72 Å². The van der Waals surface area contributed by atoms with Crippen LogP contribution < -0.4 is 10.5 Å². The monoisotopic (exact) mass is 305 g/mol. The van der Waals surface area contributed by atoms with Gasteiger partial charge in [-0.15, -0.1) is 0 Å². The average Bonchev–Trinajstić information content (AvgIpc) is 2.44. The summed E-state index contributed by atoms with van der Waals surface area (Å²) in [5.74, 6) is -0.767. The number of nitrogen functional groups attached to an aromatic ring is 1. The van der Waals surface area contributed by atoms with Gasteiger partial charge in [-0.1, -0.05) is 6.07 Å². The second-order valence-corrected chi connectivity index (χ2v) is 6.06. The van der Waals surface area contributed by atoms with Crippen LogP contribution in [0.2, 0.25) is 0 Å². The van der Waals surface area contributed by atoms with Gasteiger partial charge in [-0.05, 0) is 42.8 Å². The molecule has 21 heavy (non-hydrogen) atoms. The van der Waals surface area contributed by atoms with Crippen molar-refractivity contribution in [1.29, 1.82) is 5.26 Å². The van der Waals surface area contributed by atoms with Crippen molar-refractivity contribution in [3.63, 3.8) is 0 Å². The maximum atomic E-state index is 13.2. The molecule has 2 aromatic rings. The number of hydrogen-bond acceptors (Lipinski definition) is 4. The molecular formula is C14H12FN3O2S. The van der Waals surface area contributed by atoms with Gasteiger partial charge in [-0.3, -0.25) is 4.72 Å². The van der Waals surface area contributed by atoms with Crippen molar-refractivity contribution in [2.24, 2.45) is 0 Å². The van der Waals surface area contributed by atoms with Crippen molar-refractivity contribution in [3.05, 3.63) is 53.3 Å². The molecule has 0 amide bonds. The van der Waals surface area contributed by atoms with E-state index in [1.807, 2.05) is 0 Å². The summed E-state index contributed by atoms with van der Waals surface area (Å²) in [4.78, 5) is -0.192. The molecule has 7 heteroatoms. The molecular weight excluding hydrogens is 293 g/mol. The highest BCUT2D eigenvalue weighted by Crippen LogP contribution is 2.24. The molecule has 0 aliphatic heterocycles. The number of nitrogens with zero attached hydrogens (tertiary/aromatic N) is 1. The highest BCUT2D eigenvalue weighted by Gasteiger charge is 2.17. The third kappa shape index (κ3) is 2.95. The molecule has 0 radical (unpaired) electrons. The Morgan fingerprint density at radius 1 is 1.29 bits per heavy atom. The Kier molecular flexibility index (Phi) is 3.82. The standard InChI is InChI=1S/C14H12FN3O2S/c1-9-13(17)3-2-4-14(9)18-21(19,20)11-5-6-12(15)10(7-11)8-16/h2-7,18H,17H2,1H3. The Hall–Kier alpha value is -2.59. The molecule has 0 bridgehead atoms. The number of halogens is 1. The minimum atomic E-state index is -3.93. The molecule has 0 unspecified atom stereocenters. The predicted molar refractivity (Wildman–Crippen MR) is 77.5 cm³/mol. The van der Waals surface area contributed by atoms with Crippen molar-refractivity contribution in [2.45, 2.75) is 11.8 Å². The predicted octanol–water partition coefficient (Wildman–Crippen LogP) is 2.39. The first-order valence-corrected chi connectivity index (χ1v) is 7.41. The van der Waals surface area contributed by atoms with E-state index in [4.69, 9.17) is 11.0 Å². The third-order valence-corrected chi connectivity index (χ3v) is 4.35. The molecule has 2 rings (SSSR count). The molecule has 0 aliphatic carbocycles. The van der Waals surface area contributed by atoms with E-state index in [9.17, 15) is 12.8 Å². The fourth-order valence-corrected chi connectivity index (χ4v) is 2.87. The number of rotatable bonds is 3. The van der Waals surface area contributed by atoms with Gasteiger partial charge in [-0.2, -0.15) is 5.26 Å². The largest absolute Gasteiger partial charge is 0.398 e. The van der Waals surface area contributed by atoms with Crippen molar-refractivity contribution >= 4 is 21.4 Å². The first-order chi connectivity index (χ1) is 9.85. The lowest BCUT2D eigenvalue weighted by atomic mass is 10.2. The van der Waals surface area contributed by atoms with Crippen LogP contribution in [0.15, 0.2) is 41.3 Å². The van der Waals surface area contributed by atoms with E-state index in [-0.39, 0.29) is 10.5 Å². The minimum Gasteiger partial charge on any atom is -0.398 e. The van der Waals surface area contributed by atoms with E-state index in [0.29, 0.717) is 16.9 Å². The topological polar surface area (TPSA) is 96.0 Å². The molecule has 2 aromatic carbocycles. The van der Waals surface area contributed by atoms with Crippen LogP contribution >= 0.6 is 0 Å². The fraction of sp³-hybridized carbons (Fsp3) is 0.0714. The van der Waals surface area contributed by atoms with Crippen molar-refractivity contribution in [2.75, 3.05) is 10.5 Å². The normalized spacial score (nSPS) is 10.9. The van der Waals surface area contributed by atoms with E-state index in [1.165, 1.54) is 0 Å². The van der Waals surface area contributed by atoms with Gasteiger partial charge in [0.25, 0.3) is 10.0 Å². The minimum absolute atomic E-state index is 0.192. The molecule has 0 atom stereocenters. The van der Waals surface area contributed by atoms with Gasteiger partial charge >= 0.3 is 0 Å². The number of nitrogens with one attached hydrogen (secondary N) is 1. The number of benzene rings is 2. The van der Waals surface area contributed by atoms with Gasteiger partial charge in [0, 0.05) is 5.69 Å². The van der Waals surface area contributed by atoms with Crippen LogP contribution in [0.25, 0.3) is 0 Å². The van der Waals surface area contributed by atoms with Crippen molar-refractivity contribution in [3.8, 4) is 6.07 Å². The maximum absolute atomic E-state index is 13.2. The molecule has 5 nitrogen and oxygen atoms in total. The number of nitrogens with two attached hydrogens (primary N) is 1. The quantitative estimate of drug-likeness (QED) is 0.851. The smallest absolute Gasteiger partial charge is 0.261 e. The van der Waals surface area contributed by atoms with Crippen molar-refractivity contribution in [1.82, 2.24) is 0 Å². The number of sulfonamides is 1. The van der Waals surface area contributed by atoms with E-state index in [0.717, 1.165) is 18.2 Å². The Balaban J connectivity index is 2.44. The second kappa shape index (κ2) is 5.42. The molecule has 0 aromatic heterocycles. The third-order valence-electron chi connectivity index (χ3n) is 2.99. The molecule has 0 aliphatic rings. The van der Waals surface area contributed by atoms with Crippen LogP contribution in [0.4, 0.5) is 15.8 Å². The summed E-state index contributed by atoms with van der Waals surface area (Å²) >= 11 is 0. The molecule has 3 N–H and O–H groups in total. The Labute approximate surface area is 121 Å². The van der Waals surface area contributed by atoms with Gasteiger partial charge in [0.15, 0.2) is 0 Å². The Morgan fingerprint density at radius 2 is 2.00 bits per heavy atom. The highest BCUT2D eigenvalue weighted by atomic mass is 32.2. The number of nitriles is 1. The fourth-order valence-electron chi connectivity index (χ4n) is 1.72. The molecule has 0 spiro atoms. The van der Waals surface area contributed by atoms with Gasteiger partial charge in [-0.25, -0.2) is 12.8 Å². The SMILES string of the molecule is Cc1c(N)cccc1NS(=O)(=O)c1ccc(F)c(C#N)c1. The van der Waals surface area contributed by atoms with Crippen LogP contribution in [0.3, 0.4) is 0 Å². The Bertz CT molecular complexity index is 842. The zero-order valence-corrected chi connectivity index (χ0v) is 11.9. The van der Waals surface area contributed by atoms with Gasteiger partial charge in [0.05, 0.1) is 16.1 Å². The number of hydrogen-bond donors (Lipinski definition) is 2. The number of anilines is 2. The summed E-state index contributed by atoms with van der Waals surface area (Å²) in [6.07, 6.45) is 0. The van der Waals surface area contributed by atoms with Gasteiger partial charge in [0.1, 0.15) is 11.9 Å². The van der Waals surface area contributed by atoms with Crippen LogP contribution in [-0.2, 0) is 10.0 Å². The van der Waals surface area contributed by atoms with E-state index >= 15 is 0 Å².